The van der Waals surface area contributed by atoms with Crippen LogP contribution in [0.4, 0.5) is 0 Å². The van der Waals surface area contributed by atoms with Crippen LogP contribution in [0.15, 0.2) is 12.1 Å². The fourth-order valence-corrected chi connectivity index (χ4v) is 1.89. The van der Waals surface area contributed by atoms with E-state index < -0.39 is 0 Å². The summed E-state index contributed by atoms with van der Waals surface area (Å²) < 4.78 is 5.95. The van der Waals surface area contributed by atoms with Gasteiger partial charge in [0.05, 0.1) is 10.7 Å². The van der Waals surface area contributed by atoms with Crippen molar-refractivity contribution in [2.75, 3.05) is 7.11 Å². The molecule has 2 nitrogen and oxygen atoms in total. The first-order chi connectivity index (χ1) is 6.60. The second-order valence-electron chi connectivity index (χ2n) is 3.36. The minimum atomic E-state index is 0.236. The Kier molecular flexibility index (Phi) is 4.04. The molecule has 0 bridgehead atoms. The summed E-state index contributed by atoms with van der Waals surface area (Å²) in [7, 11) is 1.57. The van der Waals surface area contributed by atoms with Crippen molar-refractivity contribution >= 4 is 22.6 Å². The number of hydrogen-bond acceptors (Lipinski definition) is 2. The normalized spacial score (nSPS) is 12.6. The number of phenols is 1. The van der Waals surface area contributed by atoms with Crippen molar-refractivity contribution in [3.8, 4) is 11.5 Å². The lowest BCUT2D eigenvalue weighted by molar-refractivity contribution is 0.371. The predicted octanol–water partition coefficient (Wildman–Crippen LogP) is 3.52. The van der Waals surface area contributed by atoms with Crippen LogP contribution in [-0.2, 0) is 0 Å². The Morgan fingerprint density at radius 1 is 1.50 bits per heavy atom. The fourth-order valence-electron chi connectivity index (χ4n) is 1.27. The summed E-state index contributed by atoms with van der Waals surface area (Å²) in [6, 6.07) is 3.91. The molecule has 1 rings (SSSR count). The van der Waals surface area contributed by atoms with Crippen LogP contribution in [0.3, 0.4) is 0 Å². The van der Waals surface area contributed by atoms with Crippen LogP contribution in [0.2, 0.25) is 0 Å². The standard InChI is InChI=1S/C11H15IO2/c1-4-7(2)8-5-9(12)11(13)10(6-8)14-3/h5-7,13H,4H2,1-3H3. The molecule has 0 aliphatic carbocycles. The Balaban J connectivity index is 3.16. The highest BCUT2D eigenvalue weighted by Crippen LogP contribution is 2.35. The van der Waals surface area contributed by atoms with Gasteiger partial charge in [0, 0.05) is 0 Å². The van der Waals surface area contributed by atoms with E-state index in [9.17, 15) is 5.11 Å². The SMILES string of the molecule is CCC(C)c1cc(I)c(O)c(OC)c1. The molecule has 1 aromatic rings. The lowest BCUT2D eigenvalue weighted by Gasteiger charge is -2.13. The van der Waals surface area contributed by atoms with Gasteiger partial charge in [0.25, 0.3) is 0 Å². The molecular formula is C11H15IO2. The van der Waals surface area contributed by atoms with Crippen molar-refractivity contribution in [1.82, 2.24) is 0 Å². The van der Waals surface area contributed by atoms with E-state index in [0.717, 1.165) is 9.99 Å². The largest absolute Gasteiger partial charge is 0.504 e. The van der Waals surface area contributed by atoms with Gasteiger partial charge in [-0.2, -0.15) is 0 Å². The van der Waals surface area contributed by atoms with Crippen LogP contribution in [-0.4, -0.2) is 12.2 Å². The third-order valence-electron chi connectivity index (χ3n) is 2.45. The zero-order chi connectivity index (χ0) is 10.7. The van der Waals surface area contributed by atoms with Crippen molar-refractivity contribution < 1.29 is 9.84 Å². The Morgan fingerprint density at radius 2 is 2.14 bits per heavy atom. The Labute approximate surface area is 98.4 Å². The van der Waals surface area contributed by atoms with Gasteiger partial charge < -0.3 is 9.84 Å². The number of hydrogen-bond donors (Lipinski definition) is 1. The summed E-state index contributed by atoms with van der Waals surface area (Å²) in [5.74, 6) is 1.30. The highest BCUT2D eigenvalue weighted by molar-refractivity contribution is 14.1. The number of aromatic hydroxyl groups is 1. The lowest BCUT2D eigenvalue weighted by atomic mass is 9.98. The molecule has 78 valence electrons. The minimum Gasteiger partial charge on any atom is -0.504 e. The first-order valence-corrected chi connectivity index (χ1v) is 5.74. The van der Waals surface area contributed by atoms with Gasteiger partial charge >= 0.3 is 0 Å². The van der Waals surface area contributed by atoms with E-state index in [0.29, 0.717) is 11.7 Å². The van der Waals surface area contributed by atoms with Crippen molar-refractivity contribution in [3.63, 3.8) is 0 Å². The van der Waals surface area contributed by atoms with Gasteiger partial charge in [-0.15, -0.1) is 0 Å². The average molecular weight is 306 g/mol. The quantitative estimate of drug-likeness (QED) is 0.866. The van der Waals surface area contributed by atoms with Crippen molar-refractivity contribution in [3.05, 3.63) is 21.3 Å². The second-order valence-corrected chi connectivity index (χ2v) is 4.53. The molecule has 0 radical (unpaired) electrons. The third-order valence-corrected chi connectivity index (χ3v) is 3.27. The summed E-state index contributed by atoms with van der Waals surface area (Å²) in [5, 5.41) is 9.64. The van der Waals surface area contributed by atoms with Crippen molar-refractivity contribution in [2.24, 2.45) is 0 Å². The van der Waals surface area contributed by atoms with E-state index in [1.165, 1.54) is 5.56 Å². The maximum absolute atomic E-state index is 9.64. The number of methoxy groups -OCH3 is 1. The molecule has 0 aliphatic heterocycles. The van der Waals surface area contributed by atoms with E-state index >= 15 is 0 Å². The summed E-state index contributed by atoms with van der Waals surface area (Å²) in [6.07, 6.45) is 1.09. The molecule has 14 heavy (non-hydrogen) atoms. The molecule has 1 N–H and O–H groups in total. The predicted molar refractivity (Wildman–Crippen MR) is 66.1 cm³/mol. The Hall–Kier alpha value is -0.450. The fraction of sp³-hybridized carbons (Fsp3) is 0.455. The van der Waals surface area contributed by atoms with Gasteiger partial charge in [0.1, 0.15) is 0 Å². The van der Waals surface area contributed by atoms with E-state index in [4.69, 9.17) is 4.74 Å². The zero-order valence-electron chi connectivity index (χ0n) is 8.67. The van der Waals surface area contributed by atoms with Crippen LogP contribution in [0.1, 0.15) is 31.7 Å². The average Bonchev–Trinajstić information content (AvgIpc) is 2.20. The smallest absolute Gasteiger partial charge is 0.171 e. The molecule has 0 fully saturated rings. The molecule has 0 spiro atoms. The maximum atomic E-state index is 9.64. The first-order valence-electron chi connectivity index (χ1n) is 4.66. The van der Waals surface area contributed by atoms with Crippen LogP contribution in [0, 0.1) is 3.57 Å². The molecule has 1 aromatic carbocycles. The topological polar surface area (TPSA) is 29.5 Å². The lowest BCUT2D eigenvalue weighted by Crippen LogP contribution is -1.94. The Morgan fingerprint density at radius 3 is 2.64 bits per heavy atom. The molecule has 0 heterocycles. The monoisotopic (exact) mass is 306 g/mol. The third kappa shape index (κ3) is 2.32. The van der Waals surface area contributed by atoms with Crippen LogP contribution in [0.5, 0.6) is 11.5 Å². The molecule has 0 saturated heterocycles. The maximum Gasteiger partial charge on any atom is 0.171 e. The Bertz CT molecular complexity index is 323. The van der Waals surface area contributed by atoms with Gasteiger partial charge in [-0.1, -0.05) is 13.8 Å². The zero-order valence-corrected chi connectivity index (χ0v) is 10.8. The van der Waals surface area contributed by atoms with E-state index in [1.807, 2.05) is 12.1 Å². The number of ether oxygens (including phenoxy) is 1. The second kappa shape index (κ2) is 4.87. The molecule has 1 atom stereocenters. The molecule has 3 heteroatoms. The summed E-state index contributed by atoms with van der Waals surface area (Å²) in [5.41, 5.74) is 1.21. The highest BCUT2D eigenvalue weighted by atomic mass is 127. The van der Waals surface area contributed by atoms with Gasteiger partial charge in [0.15, 0.2) is 11.5 Å². The van der Waals surface area contributed by atoms with Gasteiger partial charge in [0.2, 0.25) is 0 Å². The minimum absolute atomic E-state index is 0.236. The molecule has 1 unspecified atom stereocenters. The number of halogens is 1. The highest BCUT2D eigenvalue weighted by Gasteiger charge is 2.11. The summed E-state index contributed by atoms with van der Waals surface area (Å²) in [4.78, 5) is 0. The molecule has 0 saturated carbocycles. The van der Waals surface area contributed by atoms with Crippen LogP contribution >= 0.6 is 22.6 Å². The van der Waals surface area contributed by atoms with Crippen LogP contribution in [0.25, 0.3) is 0 Å². The van der Waals surface area contributed by atoms with Crippen LogP contribution < -0.4 is 4.74 Å². The van der Waals surface area contributed by atoms with E-state index in [2.05, 4.69) is 36.4 Å². The van der Waals surface area contributed by atoms with Gasteiger partial charge in [-0.25, -0.2) is 0 Å². The van der Waals surface area contributed by atoms with Crippen molar-refractivity contribution in [2.45, 2.75) is 26.2 Å². The summed E-state index contributed by atoms with van der Waals surface area (Å²) in [6.45, 7) is 4.32. The van der Waals surface area contributed by atoms with Gasteiger partial charge in [-0.3, -0.25) is 0 Å². The van der Waals surface area contributed by atoms with Gasteiger partial charge in [-0.05, 0) is 52.6 Å². The first kappa shape index (κ1) is 11.6. The molecular weight excluding hydrogens is 291 g/mol. The van der Waals surface area contributed by atoms with E-state index in [-0.39, 0.29) is 5.75 Å². The number of benzene rings is 1. The number of phenolic OH excluding ortho intramolecular Hbond substituents is 1. The number of rotatable bonds is 3. The van der Waals surface area contributed by atoms with Crippen molar-refractivity contribution in [1.29, 1.82) is 0 Å². The molecule has 0 aliphatic rings. The van der Waals surface area contributed by atoms with E-state index in [1.54, 1.807) is 7.11 Å². The summed E-state index contributed by atoms with van der Waals surface area (Å²) >= 11 is 2.12. The molecule has 0 amide bonds. The molecule has 0 aromatic heterocycles.